The molecule has 2 aliphatic rings. The SMILES string of the molecule is CCCCNC(=O)SCC1=C(C(=O)O)N2C(=O)C(NC(=O)c3cccc(Br)c3)[C@@H]2S(=O)C1. The van der Waals surface area contributed by atoms with E-state index in [-0.39, 0.29) is 28.0 Å². The summed E-state index contributed by atoms with van der Waals surface area (Å²) < 4.78 is 13.5. The Balaban J connectivity index is 1.72. The van der Waals surface area contributed by atoms with Gasteiger partial charge in [-0.25, -0.2) is 4.79 Å². The molecule has 12 heteroatoms. The summed E-state index contributed by atoms with van der Waals surface area (Å²) in [6, 6.07) is 5.49. The maximum absolute atomic E-state index is 12.8. The highest BCUT2D eigenvalue weighted by atomic mass is 79.9. The zero-order valence-corrected chi connectivity index (χ0v) is 20.3. The number of nitrogens with one attached hydrogen (secondary N) is 2. The van der Waals surface area contributed by atoms with Gasteiger partial charge < -0.3 is 15.7 Å². The molecule has 1 fully saturated rings. The number of β-lactam (4-membered cyclic amide) rings is 1. The first kappa shape index (κ1) is 24.5. The third-order valence-electron chi connectivity index (χ3n) is 4.96. The van der Waals surface area contributed by atoms with Crippen LogP contribution in [0.3, 0.4) is 0 Å². The van der Waals surface area contributed by atoms with E-state index in [1.807, 2.05) is 6.92 Å². The Labute approximate surface area is 200 Å². The van der Waals surface area contributed by atoms with Gasteiger partial charge in [-0.3, -0.25) is 23.5 Å². The van der Waals surface area contributed by atoms with Crippen LogP contribution in [0.1, 0.15) is 30.1 Å². The number of hydrogen-bond acceptors (Lipinski definition) is 6. The number of halogens is 1. The summed E-state index contributed by atoms with van der Waals surface area (Å²) in [5, 5.41) is 13.7. The van der Waals surface area contributed by atoms with Crippen LogP contribution in [0, 0.1) is 0 Å². The summed E-state index contributed by atoms with van der Waals surface area (Å²) in [7, 11) is -1.63. The molecule has 0 bridgehead atoms. The van der Waals surface area contributed by atoms with Crippen LogP contribution in [0.15, 0.2) is 40.0 Å². The van der Waals surface area contributed by atoms with Crippen LogP contribution in [0.5, 0.6) is 0 Å². The second kappa shape index (κ2) is 10.6. The Hall–Kier alpha value is -2.18. The van der Waals surface area contributed by atoms with Gasteiger partial charge in [0.1, 0.15) is 17.1 Å². The molecular formula is C20H22BrN3O6S2. The fraction of sp³-hybridized carbons (Fsp3) is 0.400. The lowest BCUT2D eigenvalue weighted by Gasteiger charge is -2.49. The molecule has 3 N–H and O–H groups in total. The summed E-state index contributed by atoms with van der Waals surface area (Å²) >= 11 is 4.15. The van der Waals surface area contributed by atoms with E-state index in [0.29, 0.717) is 16.6 Å². The minimum Gasteiger partial charge on any atom is -0.477 e. The number of nitrogens with zero attached hydrogens (tertiary/aromatic N) is 1. The number of thioether (sulfide) groups is 1. The third kappa shape index (κ3) is 5.24. The lowest BCUT2D eigenvalue weighted by Crippen LogP contribution is -2.73. The quantitative estimate of drug-likeness (QED) is 0.337. The van der Waals surface area contributed by atoms with Crippen molar-refractivity contribution in [3.8, 4) is 0 Å². The van der Waals surface area contributed by atoms with Crippen molar-refractivity contribution in [1.82, 2.24) is 15.5 Å². The van der Waals surface area contributed by atoms with E-state index in [1.165, 1.54) is 0 Å². The highest BCUT2D eigenvalue weighted by molar-refractivity contribution is 9.10. The normalized spacial score (nSPS) is 22.1. The van der Waals surface area contributed by atoms with E-state index in [2.05, 4.69) is 26.6 Å². The number of unbranched alkanes of at least 4 members (excludes halogenated alkanes) is 1. The van der Waals surface area contributed by atoms with E-state index in [0.717, 1.165) is 29.5 Å². The predicted molar refractivity (Wildman–Crippen MR) is 124 cm³/mol. The monoisotopic (exact) mass is 543 g/mol. The van der Waals surface area contributed by atoms with Crippen LogP contribution >= 0.6 is 27.7 Å². The van der Waals surface area contributed by atoms with Gasteiger partial charge in [-0.1, -0.05) is 47.1 Å². The van der Waals surface area contributed by atoms with Gasteiger partial charge in [-0.05, 0) is 30.2 Å². The molecule has 1 saturated heterocycles. The van der Waals surface area contributed by atoms with Gasteiger partial charge in [0.2, 0.25) is 0 Å². The minimum atomic E-state index is -1.63. The van der Waals surface area contributed by atoms with Gasteiger partial charge >= 0.3 is 5.97 Å². The molecule has 2 aliphatic heterocycles. The molecule has 32 heavy (non-hydrogen) atoms. The predicted octanol–water partition coefficient (Wildman–Crippen LogP) is 2.06. The number of rotatable bonds is 8. The number of carbonyl (C=O) groups is 4. The summed E-state index contributed by atoms with van der Waals surface area (Å²) in [4.78, 5) is 50.1. The summed E-state index contributed by atoms with van der Waals surface area (Å²) in [5.41, 5.74) is 0.307. The van der Waals surface area contributed by atoms with Crippen LogP contribution in [-0.2, 0) is 20.4 Å². The number of amides is 3. The zero-order valence-electron chi connectivity index (χ0n) is 17.1. The lowest BCUT2D eigenvalue weighted by atomic mass is 10.0. The van der Waals surface area contributed by atoms with Crippen LogP contribution in [0.2, 0.25) is 0 Å². The van der Waals surface area contributed by atoms with Crippen LogP contribution in [0.4, 0.5) is 4.79 Å². The molecule has 1 aromatic carbocycles. The number of carboxylic acids is 1. The van der Waals surface area contributed by atoms with E-state index < -0.39 is 40.0 Å². The van der Waals surface area contributed by atoms with Gasteiger partial charge in [-0.2, -0.15) is 0 Å². The second-order valence-electron chi connectivity index (χ2n) is 7.20. The average Bonchev–Trinajstić information content (AvgIpc) is 2.75. The number of aliphatic carboxylic acids is 1. The Morgan fingerprint density at radius 2 is 2.09 bits per heavy atom. The average molecular weight is 544 g/mol. The van der Waals surface area contributed by atoms with Gasteiger partial charge in [0, 0.05) is 22.3 Å². The summed E-state index contributed by atoms with van der Waals surface area (Å²) in [6.45, 7) is 2.51. The molecular weight excluding hydrogens is 522 g/mol. The fourth-order valence-electron chi connectivity index (χ4n) is 3.39. The molecule has 9 nitrogen and oxygen atoms in total. The van der Waals surface area contributed by atoms with Gasteiger partial charge in [0.25, 0.3) is 17.1 Å². The number of fused-ring (bicyclic) bond motifs is 1. The Kier molecular flexibility index (Phi) is 8.12. The van der Waals surface area contributed by atoms with E-state index in [4.69, 9.17) is 0 Å². The number of carboxylic acid groups (broad SMARTS) is 1. The van der Waals surface area contributed by atoms with E-state index >= 15 is 0 Å². The van der Waals surface area contributed by atoms with Gasteiger partial charge in [0.05, 0.1) is 16.6 Å². The fourth-order valence-corrected chi connectivity index (χ4v) is 6.35. The first-order valence-electron chi connectivity index (χ1n) is 9.87. The van der Waals surface area contributed by atoms with Crippen LogP contribution in [-0.4, -0.2) is 66.7 Å². The zero-order chi connectivity index (χ0) is 23.4. The van der Waals surface area contributed by atoms with Crippen molar-refractivity contribution in [2.45, 2.75) is 31.2 Å². The maximum Gasteiger partial charge on any atom is 0.352 e. The molecule has 2 unspecified atom stereocenters. The molecule has 0 spiro atoms. The maximum atomic E-state index is 12.8. The number of carbonyl (C=O) groups excluding carboxylic acids is 3. The molecule has 0 aliphatic carbocycles. The Morgan fingerprint density at radius 1 is 1.34 bits per heavy atom. The molecule has 0 saturated carbocycles. The standard InChI is InChI=1S/C20H22BrN3O6S2/c1-2-3-7-22-20(29)31-9-12-10-32(30)18-14(17(26)24(18)15(12)19(27)28)23-16(25)11-5-4-6-13(21)8-11/h4-6,8,14,18H,2-3,7,9-10H2,1H3,(H,22,29)(H,23,25)(H,27,28)/t14?,18-,32?/m0/s1. The molecule has 0 aromatic heterocycles. The van der Waals surface area contributed by atoms with Gasteiger partial charge in [0.15, 0.2) is 0 Å². The molecule has 172 valence electrons. The highest BCUT2D eigenvalue weighted by Gasteiger charge is 2.57. The number of benzene rings is 1. The Bertz CT molecular complexity index is 1010. The van der Waals surface area contributed by atoms with Crippen molar-refractivity contribution >= 4 is 61.5 Å². The molecule has 3 amide bonds. The van der Waals surface area contributed by atoms with Crippen molar-refractivity contribution in [1.29, 1.82) is 0 Å². The Morgan fingerprint density at radius 3 is 2.75 bits per heavy atom. The van der Waals surface area contributed by atoms with Gasteiger partial charge in [-0.15, -0.1) is 0 Å². The van der Waals surface area contributed by atoms with Crippen molar-refractivity contribution in [3.05, 3.63) is 45.6 Å². The second-order valence-corrected chi connectivity index (χ2v) is 10.6. The van der Waals surface area contributed by atoms with Crippen molar-refractivity contribution in [2.75, 3.05) is 18.1 Å². The first-order chi connectivity index (χ1) is 15.2. The molecule has 3 rings (SSSR count). The largest absolute Gasteiger partial charge is 0.477 e. The van der Waals surface area contributed by atoms with Crippen molar-refractivity contribution in [2.24, 2.45) is 0 Å². The lowest BCUT2D eigenvalue weighted by molar-refractivity contribution is -0.149. The number of hydrogen-bond donors (Lipinski definition) is 3. The van der Waals surface area contributed by atoms with Crippen molar-refractivity contribution in [3.63, 3.8) is 0 Å². The minimum absolute atomic E-state index is 0.0108. The first-order valence-corrected chi connectivity index (χ1v) is 13.0. The van der Waals surface area contributed by atoms with Crippen molar-refractivity contribution < 1.29 is 28.5 Å². The molecule has 2 heterocycles. The molecule has 0 radical (unpaired) electrons. The molecule has 1 aromatic rings. The van der Waals surface area contributed by atoms with E-state index in [9.17, 15) is 28.5 Å². The third-order valence-corrected chi connectivity index (χ3v) is 8.01. The van der Waals surface area contributed by atoms with Crippen LogP contribution in [0.25, 0.3) is 0 Å². The van der Waals surface area contributed by atoms with E-state index in [1.54, 1.807) is 24.3 Å². The smallest absolute Gasteiger partial charge is 0.352 e. The summed E-state index contributed by atoms with van der Waals surface area (Å²) in [6.07, 6.45) is 1.76. The topological polar surface area (TPSA) is 133 Å². The summed E-state index contributed by atoms with van der Waals surface area (Å²) in [5.74, 6) is -2.57. The molecule has 3 atom stereocenters. The van der Waals surface area contributed by atoms with Crippen LogP contribution < -0.4 is 10.6 Å². The highest BCUT2D eigenvalue weighted by Crippen LogP contribution is 2.36.